The Morgan fingerprint density at radius 2 is 2.29 bits per heavy atom. The number of nitrogens with zero attached hydrogens (tertiary/aromatic N) is 2. The van der Waals surface area contributed by atoms with Gasteiger partial charge in [0.2, 0.25) is 0 Å². The molecular weight excluding hydrogens is 234 g/mol. The van der Waals surface area contributed by atoms with Crippen LogP contribution in [0.2, 0.25) is 0 Å². The summed E-state index contributed by atoms with van der Waals surface area (Å²) in [4.78, 5) is 8.59. The first-order chi connectivity index (χ1) is 8.24. The Labute approximate surface area is 102 Å². The van der Waals surface area contributed by atoms with E-state index >= 15 is 0 Å². The van der Waals surface area contributed by atoms with Crippen molar-refractivity contribution in [3.63, 3.8) is 0 Å². The molecular formula is C12H11N3OS. The molecule has 0 saturated carbocycles. The van der Waals surface area contributed by atoms with E-state index in [9.17, 15) is 0 Å². The molecule has 2 heterocycles. The van der Waals surface area contributed by atoms with E-state index in [4.69, 9.17) is 10.2 Å². The highest BCUT2D eigenvalue weighted by molar-refractivity contribution is 7.13. The summed E-state index contributed by atoms with van der Waals surface area (Å²) in [7, 11) is 0. The van der Waals surface area contributed by atoms with Crippen molar-refractivity contribution >= 4 is 22.4 Å². The summed E-state index contributed by atoms with van der Waals surface area (Å²) in [6.07, 6.45) is 1.45. The van der Waals surface area contributed by atoms with E-state index in [-0.39, 0.29) is 6.04 Å². The third-order valence-electron chi connectivity index (χ3n) is 2.57. The smallest absolute Gasteiger partial charge is 0.181 e. The Hall–Kier alpha value is -1.72. The Bertz CT molecular complexity index is 656. The number of aromatic nitrogens is 2. The van der Waals surface area contributed by atoms with Crippen molar-refractivity contribution in [1.82, 2.24) is 9.97 Å². The minimum absolute atomic E-state index is 0.0333. The first kappa shape index (κ1) is 10.4. The van der Waals surface area contributed by atoms with Gasteiger partial charge in [-0.3, -0.25) is 0 Å². The normalized spacial score (nSPS) is 13.1. The van der Waals surface area contributed by atoms with Gasteiger partial charge in [0.15, 0.2) is 12.0 Å². The number of benzene rings is 1. The SMILES string of the molecule is CC(N)c1csc(-c2ccc3ncoc3c2)n1. The van der Waals surface area contributed by atoms with Gasteiger partial charge >= 0.3 is 0 Å². The molecule has 1 aromatic carbocycles. The molecule has 1 unspecified atom stereocenters. The molecule has 4 nitrogen and oxygen atoms in total. The molecule has 0 saturated heterocycles. The summed E-state index contributed by atoms with van der Waals surface area (Å²) >= 11 is 1.59. The molecule has 0 aliphatic rings. The fraction of sp³-hybridized carbons (Fsp3) is 0.167. The van der Waals surface area contributed by atoms with Gasteiger partial charge in [-0.15, -0.1) is 11.3 Å². The highest BCUT2D eigenvalue weighted by Gasteiger charge is 2.09. The van der Waals surface area contributed by atoms with Crippen molar-refractivity contribution in [2.24, 2.45) is 5.73 Å². The minimum atomic E-state index is -0.0333. The molecule has 0 fully saturated rings. The summed E-state index contributed by atoms with van der Waals surface area (Å²) in [6, 6.07) is 5.84. The number of hydrogen-bond acceptors (Lipinski definition) is 5. The summed E-state index contributed by atoms with van der Waals surface area (Å²) in [5.74, 6) is 0. The van der Waals surface area contributed by atoms with Crippen molar-refractivity contribution in [3.05, 3.63) is 35.7 Å². The predicted octanol–water partition coefficient (Wildman–Crippen LogP) is 2.97. The lowest BCUT2D eigenvalue weighted by atomic mass is 10.2. The van der Waals surface area contributed by atoms with E-state index < -0.39 is 0 Å². The Morgan fingerprint density at radius 1 is 1.41 bits per heavy atom. The lowest BCUT2D eigenvalue weighted by Crippen LogP contribution is -2.04. The minimum Gasteiger partial charge on any atom is -0.443 e. The van der Waals surface area contributed by atoms with E-state index in [1.807, 2.05) is 30.5 Å². The maximum absolute atomic E-state index is 5.79. The Kier molecular flexibility index (Phi) is 2.42. The van der Waals surface area contributed by atoms with E-state index in [0.717, 1.165) is 27.4 Å². The van der Waals surface area contributed by atoms with Crippen molar-refractivity contribution in [1.29, 1.82) is 0 Å². The molecule has 0 radical (unpaired) electrons. The van der Waals surface area contributed by atoms with E-state index in [1.54, 1.807) is 11.3 Å². The van der Waals surface area contributed by atoms with Gasteiger partial charge in [0.05, 0.1) is 5.69 Å². The number of hydrogen-bond donors (Lipinski definition) is 1. The molecule has 86 valence electrons. The maximum atomic E-state index is 5.79. The molecule has 17 heavy (non-hydrogen) atoms. The Morgan fingerprint density at radius 3 is 3.06 bits per heavy atom. The van der Waals surface area contributed by atoms with Crippen LogP contribution in [0.5, 0.6) is 0 Å². The zero-order valence-electron chi connectivity index (χ0n) is 9.25. The lowest BCUT2D eigenvalue weighted by Gasteiger charge is -1.98. The summed E-state index contributed by atoms with van der Waals surface area (Å²) in [6.45, 7) is 1.93. The van der Waals surface area contributed by atoms with Crippen LogP contribution < -0.4 is 5.73 Å². The van der Waals surface area contributed by atoms with Crippen molar-refractivity contribution in [3.8, 4) is 10.6 Å². The molecule has 2 aromatic heterocycles. The van der Waals surface area contributed by atoms with Crippen LogP contribution in [0, 0.1) is 0 Å². The fourth-order valence-corrected chi connectivity index (χ4v) is 2.54. The standard InChI is InChI=1S/C12H11N3OS/c1-7(13)10-5-17-12(15-10)8-2-3-9-11(4-8)16-6-14-9/h2-7H,13H2,1H3. The van der Waals surface area contributed by atoms with Gasteiger partial charge in [-0.05, 0) is 25.1 Å². The molecule has 0 aliphatic carbocycles. The first-order valence-corrected chi connectivity index (χ1v) is 6.16. The zero-order valence-corrected chi connectivity index (χ0v) is 10.1. The quantitative estimate of drug-likeness (QED) is 0.753. The molecule has 0 spiro atoms. The number of rotatable bonds is 2. The van der Waals surface area contributed by atoms with Gasteiger partial charge in [0.25, 0.3) is 0 Å². The van der Waals surface area contributed by atoms with Crippen molar-refractivity contribution < 1.29 is 4.42 Å². The van der Waals surface area contributed by atoms with Gasteiger partial charge in [0.1, 0.15) is 10.5 Å². The highest BCUT2D eigenvalue weighted by atomic mass is 32.1. The number of fused-ring (bicyclic) bond motifs is 1. The van der Waals surface area contributed by atoms with Crippen LogP contribution in [0.4, 0.5) is 0 Å². The average Bonchev–Trinajstić information content (AvgIpc) is 2.97. The highest BCUT2D eigenvalue weighted by Crippen LogP contribution is 2.28. The molecule has 3 rings (SSSR count). The monoisotopic (exact) mass is 245 g/mol. The van der Waals surface area contributed by atoms with Gasteiger partial charge in [-0.25, -0.2) is 9.97 Å². The summed E-state index contributed by atoms with van der Waals surface area (Å²) in [5.41, 5.74) is 9.38. The van der Waals surface area contributed by atoms with Crippen molar-refractivity contribution in [2.75, 3.05) is 0 Å². The van der Waals surface area contributed by atoms with Crippen LogP contribution in [-0.4, -0.2) is 9.97 Å². The number of thiazole rings is 1. The molecule has 5 heteroatoms. The molecule has 3 aromatic rings. The van der Waals surface area contributed by atoms with Gasteiger partial charge in [0, 0.05) is 17.0 Å². The van der Waals surface area contributed by atoms with Crippen LogP contribution in [0.25, 0.3) is 21.7 Å². The van der Waals surface area contributed by atoms with Crippen LogP contribution in [-0.2, 0) is 0 Å². The van der Waals surface area contributed by atoms with E-state index in [1.165, 1.54) is 6.39 Å². The van der Waals surface area contributed by atoms with Crippen molar-refractivity contribution in [2.45, 2.75) is 13.0 Å². The van der Waals surface area contributed by atoms with E-state index in [2.05, 4.69) is 9.97 Å². The summed E-state index contributed by atoms with van der Waals surface area (Å²) < 4.78 is 5.28. The maximum Gasteiger partial charge on any atom is 0.181 e. The largest absolute Gasteiger partial charge is 0.443 e. The third kappa shape index (κ3) is 1.83. The average molecular weight is 245 g/mol. The Balaban J connectivity index is 2.06. The molecule has 0 amide bonds. The van der Waals surface area contributed by atoms with Crippen LogP contribution in [0.3, 0.4) is 0 Å². The van der Waals surface area contributed by atoms with Gasteiger partial charge < -0.3 is 10.2 Å². The topological polar surface area (TPSA) is 64.9 Å². The predicted molar refractivity (Wildman–Crippen MR) is 67.7 cm³/mol. The van der Waals surface area contributed by atoms with Crippen LogP contribution >= 0.6 is 11.3 Å². The molecule has 0 aliphatic heterocycles. The second-order valence-corrected chi connectivity index (χ2v) is 4.76. The number of oxazole rings is 1. The van der Waals surface area contributed by atoms with E-state index in [0.29, 0.717) is 0 Å². The summed E-state index contributed by atoms with van der Waals surface area (Å²) in [5, 5.41) is 2.94. The second-order valence-electron chi connectivity index (χ2n) is 3.90. The fourth-order valence-electron chi connectivity index (χ4n) is 1.62. The second kappa shape index (κ2) is 3.94. The zero-order chi connectivity index (χ0) is 11.8. The first-order valence-electron chi connectivity index (χ1n) is 5.28. The van der Waals surface area contributed by atoms with Crippen LogP contribution in [0.15, 0.2) is 34.4 Å². The van der Waals surface area contributed by atoms with Gasteiger partial charge in [-0.1, -0.05) is 0 Å². The molecule has 1 atom stereocenters. The number of nitrogens with two attached hydrogens (primary N) is 1. The lowest BCUT2D eigenvalue weighted by molar-refractivity contribution is 0.602. The third-order valence-corrected chi connectivity index (χ3v) is 3.48. The van der Waals surface area contributed by atoms with Gasteiger partial charge in [-0.2, -0.15) is 0 Å². The molecule has 0 bridgehead atoms. The van der Waals surface area contributed by atoms with Crippen LogP contribution in [0.1, 0.15) is 18.7 Å². The molecule has 2 N–H and O–H groups in total.